The van der Waals surface area contributed by atoms with Gasteiger partial charge in [-0.2, -0.15) is 0 Å². The van der Waals surface area contributed by atoms with Crippen LogP contribution < -0.4 is 4.74 Å². The average Bonchev–Trinajstić information content (AvgIpc) is 3.04. The Morgan fingerprint density at radius 1 is 1.21 bits per heavy atom. The fraction of sp³-hybridized carbons (Fsp3) is 0.600. The van der Waals surface area contributed by atoms with Crippen LogP contribution in [0.4, 0.5) is 4.79 Å². The van der Waals surface area contributed by atoms with Crippen LogP contribution in [0.2, 0.25) is 10.0 Å². The molecule has 0 N–H and O–H groups in total. The van der Waals surface area contributed by atoms with Crippen LogP contribution in [-0.2, 0) is 14.3 Å². The van der Waals surface area contributed by atoms with Crippen molar-refractivity contribution < 1.29 is 23.8 Å². The third-order valence-electron chi connectivity index (χ3n) is 4.67. The van der Waals surface area contributed by atoms with E-state index in [4.69, 9.17) is 37.4 Å². The van der Waals surface area contributed by atoms with Crippen molar-refractivity contribution in [1.82, 2.24) is 4.90 Å². The van der Waals surface area contributed by atoms with Crippen molar-refractivity contribution in [3.63, 3.8) is 0 Å². The summed E-state index contributed by atoms with van der Waals surface area (Å²) in [5, 5.41) is 0.850. The zero-order chi connectivity index (χ0) is 21.1. The van der Waals surface area contributed by atoms with Gasteiger partial charge in [0.15, 0.2) is 0 Å². The summed E-state index contributed by atoms with van der Waals surface area (Å²) in [4.78, 5) is 26.0. The molecule has 0 aliphatic carbocycles. The number of ether oxygens (including phenoxy) is 3. The number of rotatable bonds is 5. The zero-order valence-corrected chi connectivity index (χ0v) is 18.4. The van der Waals surface area contributed by atoms with Gasteiger partial charge < -0.3 is 19.1 Å². The van der Waals surface area contributed by atoms with E-state index in [1.165, 1.54) is 7.11 Å². The molecule has 2 rings (SSSR count). The van der Waals surface area contributed by atoms with E-state index in [9.17, 15) is 9.59 Å². The minimum absolute atomic E-state index is 0.0867. The van der Waals surface area contributed by atoms with Crippen molar-refractivity contribution in [2.45, 2.75) is 57.6 Å². The molecule has 0 spiro atoms. The van der Waals surface area contributed by atoms with Crippen molar-refractivity contribution in [3.8, 4) is 5.75 Å². The van der Waals surface area contributed by atoms with Crippen LogP contribution >= 0.6 is 23.2 Å². The first-order valence-electron chi connectivity index (χ1n) is 9.15. The molecule has 1 saturated heterocycles. The number of hydrogen-bond acceptors (Lipinski definition) is 5. The van der Waals surface area contributed by atoms with Gasteiger partial charge in [0.25, 0.3) is 0 Å². The van der Waals surface area contributed by atoms with E-state index < -0.39 is 11.7 Å². The van der Waals surface area contributed by atoms with Crippen molar-refractivity contribution >= 4 is 35.3 Å². The number of hydrogen-bond donors (Lipinski definition) is 0. The van der Waals surface area contributed by atoms with Gasteiger partial charge in [-0.05, 0) is 45.7 Å². The Morgan fingerprint density at radius 2 is 1.89 bits per heavy atom. The van der Waals surface area contributed by atoms with Crippen LogP contribution in [0.15, 0.2) is 12.1 Å². The van der Waals surface area contributed by atoms with Crippen molar-refractivity contribution in [2.24, 2.45) is 0 Å². The van der Waals surface area contributed by atoms with E-state index in [1.807, 2.05) is 20.8 Å². The van der Waals surface area contributed by atoms with Gasteiger partial charge in [0.05, 0.1) is 24.3 Å². The molecule has 0 bridgehead atoms. The molecule has 1 heterocycles. The normalized spacial score (nSPS) is 19.5. The molecule has 156 valence electrons. The average molecular weight is 432 g/mol. The number of nitrogens with zero attached hydrogens (tertiary/aromatic N) is 1. The predicted molar refractivity (Wildman–Crippen MR) is 108 cm³/mol. The zero-order valence-electron chi connectivity index (χ0n) is 16.9. The smallest absolute Gasteiger partial charge is 0.410 e. The molecule has 2 atom stereocenters. The number of esters is 1. The minimum atomic E-state index is -0.618. The van der Waals surface area contributed by atoms with Gasteiger partial charge in [0.2, 0.25) is 0 Å². The SMILES string of the molecule is COC(=O)CC[C@@H]1C[C@H](c2c(OC)ccc(Cl)c2Cl)CN1C(=O)OC(C)(C)C. The number of benzene rings is 1. The molecule has 0 aromatic heterocycles. The van der Waals surface area contributed by atoms with Gasteiger partial charge in [-0.1, -0.05) is 23.2 Å². The first kappa shape index (κ1) is 22.6. The molecule has 1 aliphatic rings. The first-order valence-corrected chi connectivity index (χ1v) is 9.91. The molecule has 6 nitrogen and oxygen atoms in total. The maximum absolute atomic E-state index is 12.8. The Bertz CT molecular complexity index is 732. The molecule has 0 unspecified atom stereocenters. The highest BCUT2D eigenvalue weighted by atomic mass is 35.5. The summed E-state index contributed by atoms with van der Waals surface area (Å²) in [6, 6.07) is 3.27. The summed E-state index contributed by atoms with van der Waals surface area (Å²) in [5.41, 5.74) is 0.152. The number of likely N-dealkylation sites (tertiary alicyclic amines) is 1. The van der Waals surface area contributed by atoms with Crippen LogP contribution in [0.1, 0.15) is 51.5 Å². The molecule has 28 heavy (non-hydrogen) atoms. The van der Waals surface area contributed by atoms with Crippen molar-refractivity contribution in [1.29, 1.82) is 0 Å². The second kappa shape index (κ2) is 9.23. The van der Waals surface area contributed by atoms with E-state index in [0.717, 1.165) is 5.56 Å². The van der Waals surface area contributed by atoms with E-state index in [-0.39, 0.29) is 24.3 Å². The van der Waals surface area contributed by atoms with Crippen LogP contribution in [0.3, 0.4) is 0 Å². The van der Waals surface area contributed by atoms with Crippen molar-refractivity contribution in [2.75, 3.05) is 20.8 Å². The van der Waals surface area contributed by atoms with Crippen LogP contribution in [0, 0.1) is 0 Å². The number of methoxy groups -OCH3 is 2. The Labute approximate surface area is 176 Å². The summed E-state index contributed by atoms with van der Waals surface area (Å²) in [6.45, 7) is 5.85. The van der Waals surface area contributed by atoms with Gasteiger partial charge in [-0.3, -0.25) is 4.79 Å². The molecular weight excluding hydrogens is 405 g/mol. The van der Waals surface area contributed by atoms with E-state index >= 15 is 0 Å². The maximum atomic E-state index is 12.8. The lowest BCUT2D eigenvalue weighted by Gasteiger charge is -2.28. The lowest BCUT2D eigenvalue weighted by molar-refractivity contribution is -0.141. The topological polar surface area (TPSA) is 65.1 Å². The molecule has 1 aromatic carbocycles. The quantitative estimate of drug-likeness (QED) is 0.610. The van der Waals surface area contributed by atoms with Gasteiger partial charge >= 0.3 is 12.1 Å². The number of carbonyl (C=O) groups is 2. The highest BCUT2D eigenvalue weighted by Gasteiger charge is 2.40. The summed E-state index contributed by atoms with van der Waals surface area (Å²) in [5.74, 6) is 0.222. The summed E-state index contributed by atoms with van der Waals surface area (Å²) in [7, 11) is 2.92. The molecule has 1 aliphatic heterocycles. The van der Waals surface area contributed by atoms with Crippen LogP contribution in [0.25, 0.3) is 0 Å². The Balaban J connectivity index is 2.31. The molecule has 0 saturated carbocycles. The predicted octanol–water partition coefficient (Wildman–Crippen LogP) is 5.05. The van der Waals surface area contributed by atoms with E-state index in [2.05, 4.69) is 0 Å². The second-order valence-electron chi connectivity index (χ2n) is 7.81. The molecule has 1 fully saturated rings. The lowest BCUT2D eigenvalue weighted by Crippen LogP contribution is -2.40. The summed E-state index contributed by atoms with van der Waals surface area (Å²) in [6.07, 6.45) is 0.894. The Morgan fingerprint density at radius 3 is 2.46 bits per heavy atom. The largest absolute Gasteiger partial charge is 0.496 e. The molecule has 1 amide bonds. The fourth-order valence-electron chi connectivity index (χ4n) is 3.44. The molecule has 0 radical (unpaired) electrons. The third-order valence-corrected chi connectivity index (χ3v) is 5.49. The van der Waals surface area contributed by atoms with Gasteiger partial charge in [-0.15, -0.1) is 0 Å². The van der Waals surface area contributed by atoms with E-state index in [1.54, 1.807) is 24.1 Å². The molecule has 8 heteroatoms. The van der Waals surface area contributed by atoms with Gasteiger partial charge in [0, 0.05) is 30.5 Å². The Hall–Kier alpha value is -1.66. The van der Waals surface area contributed by atoms with E-state index in [0.29, 0.717) is 35.2 Å². The first-order chi connectivity index (χ1) is 13.1. The third kappa shape index (κ3) is 5.45. The van der Waals surface area contributed by atoms with Gasteiger partial charge in [0.1, 0.15) is 11.4 Å². The Kier molecular flexibility index (Phi) is 7.46. The minimum Gasteiger partial charge on any atom is -0.496 e. The monoisotopic (exact) mass is 431 g/mol. The van der Waals surface area contributed by atoms with Crippen LogP contribution in [-0.4, -0.2) is 49.4 Å². The highest BCUT2D eigenvalue weighted by Crippen LogP contribution is 2.44. The molecular formula is C20H27Cl2NO5. The maximum Gasteiger partial charge on any atom is 0.410 e. The number of amides is 1. The second-order valence-corrected chi connectivity index (χ2v) is 8.60. The molecule has 1 aromatic rings. The highest BCUT2D eigenvalue weighted by molar-refractivity contribution is 6.42. The number of carbonyl (C=O) groups excluding carboxylic acids is 2. The fourth-order valence-corrected chi connectivity index (χ4v) is 3.91. The number of halogens is 2. The van der Waals surface area contributed by atoms with Crippen molar-refractivity contribution in [3.05, 3.63) is 27.7 Å². The summed E-state index contributed by atoms with van der Waals surface area (Å²) >= 11 is 12.7. The van der Waals surface area contributed by atoms with Crippen LogP contribution in [0.5, 0.6) is 5.75 Å². The summed E-state index contributed by atoms with van der Waals surface area (Å²) < 4.78 is 15.8. The standard InChI is InChI=1S/C20H27Cl2NO5/c1-20(2,3)28-19(25)23-11-12(10-13(23)6-9-16(24)27-5)17-15(26-4)8-7-14(21)18(17)22/h7-8,12-13H,6,9-11H2,1-5H3/t12-,13+/m0/s1. The lowest BCUT2D eigenvalue weighted by atomic mass is 9.94. The van der Waals surface area contributed by atoms with Gasteiger partial charge in [-0.25, -0.2) is 4.79 Å².